The van der Waals surface area contributed by atoms with Crippen LogP contribution in [0.4, 0.5) is 0 Å². The van der Waals surface area contributed by atoms with Gasteiger partial charge in [0.2, 0.25) is 5.78 Å². The SMILES string of the molecule is COC(=O)C(=O)CC(=O)c1ccnn1C. The highest BCUT2D eigenvalue weighted by atomic mass is 16.5. The monoisotopic (exact) mass is 210 g/mol. The van der Waals surface area contributed by atoms with Gasteiger partial charge in [0.25, 0.3) is 0 Å². The fourth-order valence-corrected chi connectivity index (χ4v) is 1.07. The van der Waals surface area contributed by atoms with E-state index in [1.165, 1.54) is 16.9 Å². The van der Waals surface area contributed by atoms with Gasteiger partial charge in [0.15, 0.2) is 5.78 Å². The van der Waals surface area contributed by atoms with Crippen molar-refractivity contribution in [1.29, 1.82) is 0 Å². The zero-order valence-corrected chi connectivity index (χ0v) is 8.39. The largest absolute Gasteiger partial charge is 0.463 e. The van der Waals surface area contributed by atoms with Crippen LogP contribution in [0, 0.1) is 0 Å². The first kappa shape index (κ1) is 11.1. The highest BCUT2D eigenvalue weighted by Gasteiger charge is 2.20. The molecule has 15 heavy (non-hydrogen) atoms. The molecular weight excluding hydrogens is 200 g/mol. The molecule has 0 aliphatic heterocycles. The van der Waals surface area contributed by atoms with Gasteiger partial charge in [-0.1, -0.05) is 0 Å². The number of ketones is 2. The number of hydrogen-bond acceptors (Lipinski definition) is 5. The number of esters is 1. The number of carbonyl (C=O) groups excluding carboxylic acids is 3. The molecule has 6 heteroatoms. The highest BCUT2D eigenvalue weighted by molar-refractivity contribution is 6.37. The van der Waals surface area contributed by atoms with E-state index in [4.69, 9.17) is 0 Å². The van der Waals surface area contributed by atoms with E-state index in [0.29, 0.717) is 0 Å². The Kier molecular flexibility index (Phi) is 3.33. The lowest BCUT2D eigenvalue weighted by molar-refractivity contribution is -0.151. The van der Waals surface area contributed by atoms with Gasteiger partial charge in [-0.25, -0.2) is 4.79 Å². The first-order valence-electron chi connectivity index (χ1n) is 4.18. The van der Waals surface area contributed by atoms with E-state index >= 15 is 0 Å². The standard InChI is InChI=1S/C9H10N2O4/c1-11-6(3-4-10-11)7(12)5-8(13)9(14)15-2/h3-4H,5H2,1-2H3. The van der Waals surface area contributed by atoms with Crippen molar-refractivity contribution >= 4 is 17.5 Å². The number of nitrogens with zero attached hydrogens (tertiary/aromatic N) is 2. The number of methoxy groups -OCH3 is 1. The molecule has 0 aromatic carbocycles. The molecule has 0 saturated carbocycles. The van der Waals surface area contributed by atoms with Gasteiger partial charge in [0, 0.05) is 13.2 Å². The zero-order chi connectivity index (χ0) is 11.4. The summed E-state index contributed by atoms with van der Waals surface area (Å²) in [5.74, 6) is -2.32. The van der Waals surface area contributed by atoms with Crippen molar-refractivity contribution < 1.29 is 19.1 Å². The quantitative estimate of drug-likeness (QED) is 0.296. The minimum Gasteiger partial charge on any atom is -0.463 e. The van der Waals surface area contributed by atoms with Crippen molar-refractivity contribution in [1.82, 2.24) is 9.78 Å². The molecule has 1 aromatic rings. The van der Waals surface area contributed by atoms with Crippen LogP contribution < -0.4 is 0 Å². The van der Waals surface area contributed by atoms with E-state index in [2.05, 4.69) is 9.84 Å². The Morgan fingerprint density at radius 3 is 2.60 bits per heavy atom. The average Bonchev–Trinajstić information content (AvgIpc) is 2.63. The molecule has 0 atom stereocenters. The van der Waals surface area contributed by atoms with E-state index in [9.17, 15) is 14.4 Å². The van der Waals surface area contributed by atoms with Crippen LogP contribution in [-0.2, 0) is 21.4 Å². The zero-order valence-electron chi connectivity index (χ0n) is 8.39. The van der Waals surface area contributed by atoms with Gasteiger partial charge >= 0.3 is 5.97 Å². The second-order valence-electron chi connectivity index (χ2n) is 2.85. The summed E-state index contributed by atoms with van der Waals surface area (Å²) in [6.07, 6.45) is 0.946. The third-order valence-electron chi connectivity index (χ3n) is 1.84. The van der Waals surface area contributed by atoms with Gasteiger partial charge in [-0.05, 0) is 6.07 Å². The van der Waals surface area contributed by atoms with Crippen LogP contribution in [-0.4, -0.2) is 34.4 Å². The summed E-state index contributed by atoms with van der Waals surface area (Å²) in [4.78, 5) is 33.3. The van der Waals surface area contributed by atoms with Crippen molar-refractivity contribution in [2.24, 2.45) is 7.05 Å². The molecule has 0 saturated heterocycles. The highest BCUT2D eigenvalue weighted by Crippen LogP contribution is 2.02. The molecule has 1 rings (SSSR count). The molecule has 0 aliphatic rings. The van der Waals surface area contributed by atoms with Gasteiger partial charge < -0.3 is 4.74 Å². The molecule has 0 radical (unpaired) electrons. The Hall–Kier alpha value is -1.98. The first-order chi connectivity index (χ1) is 7.06. The molecule has 80 valence electrons. The number of rotatable bonds is 4. The van der Waals surface area contributed by atoms with E-state index < -0.39 is 24.0 Å². The van der Waals surface area contributed by atoms with Crippen molar-refractivity contribution in [2.45, 2.75) is 6.42 Å². The number of Topliss-reactive ketones (excluding diaryl/α,β-unsaturated/α-hetero) is 2. The molecule has 0 bridgehead atoms. The van der Waals surface area contributed by atoms with Crippen LogP contribution in [0.25, 0.3) is 0 Å². The second-order valence-corrected chi connectivity index (χ2v) is 2.85. The third-order valence-corrected chi connectivity index (χ3v) is 1.84. The van der Waals surface area contributed by atoms with Crippen molar-refractivity contribution in [3.63, 3.8) is 0 Å². The summed E-state index contributed by atoms with van der Waals surface area (Å²) < 4.78 is 5.54. The molecule has 6 nitrogen and oxygen atoms in total. The molecule has 0 fully saturated rings. The summed E-state index contributed by atoms with van der Waals surface area (Å²) in [5.41, 5.74) is 0.284. The van der Waals surface area contributed by atoms with Crippen LogP contribution in [0.3, 0.4) is 0 Å². The minimum atomic E-state index is -1.01. The van der Waals surface area contributed by atoms with E-state index in [-0.39, 0.29) is 5.69 Å². The van der Waals surface area contributed by atoms with Crippen LogP contribution in [0.15, 0.2) is 12.3 Å². The molecular formula is C9H10N2O4. The van der Waals surface area contributed by atoms with Gasteiger partial charge in [0.05, 0.1) is 13.5 Å². The second kappa shape index (κ2) is 4.50. The molecule has 1 aromatic heterocycles. The fraction of sp³-hybridized carbons (Fsp3) is 0.333. The maximum absolute atomic E-state index is 11.5. The van der Waals surface area contributed by atoms with Crippen molar-refractivity contribution in [3.05, 3.63) is 18.0 Å². The maximum atomic E-state index is 11.5. The Morgan fingerprint density at radius 2 is 2.13 bits per heavy atom. The molecule has 0 spiro atoms. The number of aryl methyl sites for hydroxylation is 1. The molecule has 0 amide bonds. The lowest BCUT2D eigenvalue weighted by atomic mass is 10.1. The lowest BCUT2D eigenvalue weighted by Crippen LogP contribution is -2.20. The normalized spacial score (nSPS) is 9.73. The number of carbonyl (C=O) groups is 3. The first-order valence-corrected chi connectivity index (χ1v) is 4.18. The summed E-state index contributed by atoms with van der Waals surface area (Å²) in [7, 11) is 2.67. The summed E-state index contributed by atoms with van der Waals surface area (Å²) in [5, 5.41) is 3.78. The minimum absolute atomic E-state index is 0.284. The van der Waals surface area contributed by atoms with E-state index in [1.807, 2.05) is 0 Å². The van der Waals surface area contributed by atoms with Gasteiger partial charge in [-0.15, -0.1) is 0 Å². The van der Waals surface area contributed by atoms with Crippen LogP contribution in [0.2, 0.25) is 0 Å². The van der Waals surface area contributed by atoms with Crippen LogP contribution in [0.5, 0.6) is 0 Å². The van der Waals surface area contributed by atoms with E-state index in [0.717, 1.165) is 7.11 Å². The van der Waals surface area contributed by atoms with Gasteiger partial charge in [0.1, 0.15) is 5.69 Å². The summed E-state index contributed by atoms with van der Waals surface area (Å²) in [6.45, 7) is 0. The number of aromatic nitrogens is 2. The summed E-state index contributed by atoms with van der Waals surface area (Å²) >= 11 is 0. The topological polar surface area (TPSA) is 78.3 Å². The molecule has 0 unspecified atom stereocenters. The van der Waals surface area contributed by atoms with Crippen molar-refractivity contribution in [2.75, 3.05) is 7.11 Å². The lowest BCUT2D eigenvalue weighted by Gasteiger charge is -1.99. The Labute approximate surface area is 85.8 Å². The van der Waals surface area contributed by atoms with Crippen LogP contribution in [0.1, 0.15) is 16.9 Å². The molecule has 1 heterocycles. The average molecular weight is 210 g/mol. The van der Waals surface area contributed by atoms with Crippen LogP contribution >= 0.6 is 0 Å². The van der Waals surface area contributed by atoms with Gasteiger partial charge in [-0.3, -0.25) is 14.3 Å². The van der Waals surface area contributed by atoms with E-state index in [1.54, 1.807) is 7.05 Å². The summed E-state index contributed by atoms with van der Waals surface area (Å²) in [6, 6.07) is 1.48. The maximum Gasteiger partial charge on any atom is 0.374 e. The molecule has 0 aliphatic carbocycles. The Bertz CT molecular complexity index is 408. The fourth-order valence-electron chi connectivity index (χ4n) is 1.07. The predicted molar refractivity (Wildman–Crippen MR) is 49.2 cm³/mol. The van der Waals surface area contributed by atoms with Gasteiger partial charge in [-0.2, -0.15) is 5.10 Å². The number of ether oxygens (including phenoxy) is 1. The smallest absolute Gasteiger partial charge is 0.374 e. The van der Waals surface area contributed by atoms with Crippen molar-refractivity contribution in [3.8, 4) is 0 Å². The molecule has 0 N–H and O–H groups in total. The Balaban J connectivity index is 2.69. The Morgan fingerprint density at radius 1 is 1.47 bits per heavy atom. The predicted octanol–water partition coefficient (Wildman–Crippen LogP) is -0.265. The number of hydrogen-bond donors (Lipinski definition) is 0. The third kappa shape index (κ3) is 2.49.